The third kappa shape index (κ3) is 2.70. The van der Waals surface area contributed by atoms with E-state index in [0.29, 0.717) is 0 Å². The second-order valence-electron chi connectivity index (χ2n) is 6.21. The van der Waals surface area contributed by atoms with Gasteiger partial charge in [0.2, 0.25) is 0 Å². The van der Waals surface area contributed by atoms with Gasteiger partial charge in [-0.05, 0) is 37.3 Å². The van der Waals surface area contributed by atoms with E-state index in [1.165, 1.54) is 18.4 Å². The van der Waals surface area contributed by atoms with Crippen LogP contribution in [0.2, 0.25) is 0 Å². The molecule has 2 heterocycles. The molecule has 4 heteroatoms. The molecule has 1 aromatic carbocycles. The Hall–Kier alpha value is -1.97. The van der Waals surface area contributed by atoms with Crippen molar-refractivity contribution in [3.63, 3.8) is 0 Å². The van der Waals surface area contributed by atoms with Crippen LogP contribution in [0.15, 0.2) is 18.2 Å². The molecule has 0 unspecified atom stereocenters. The fraction of sp³-hybridized carbons (Fsp3) is 0.500. The van der Waals surface area contributed by atoms with Crippen LogP contribution in [-0.2, 0) is 0 Å². The molecule has 1 aliphatic heterocycles. The zero-order valence-corrected chi connectivity index (χ0v) is 13.8. The number of rotatable bonds is 3. The predicted molar refractivity (Wildman–Crippen MR) is 90.2 cm³/mol. The Morgan fingerprint density at radius 2 is 2.00 bits per heavy atom. The number of nitrogens with zero attached hydrogens (tertiary/aromatic N) is 2. The van der Waals surface area contributed by atoms with Crippen LogP contribution in [0.5, 0.6) is 11.5 Å². The number of hydrogen-bond donors (Lipinski definition) is 0. The van der Waals surface area contributed by atoms with Crippen molar-refractivity contribution in [3.8, 4) is 11.5 Å². The zero-order valence-electron chi connectivity index (χ0n) is 13.8. The largest absolute Gasteiger partial charge is 0.497 e. The minimum Gasteiger partial charge on any atom is -0.497 e. The second-order valence-corrected chi connectivity index (χ2v) is 6.21. The third-order valence-corrected chi connectivity index (χ3v) is 4.47. The van der Waals surface area contributed by atoms with Gasteiger partial charge < -0.3 is 14.4 Å². The first-order valence-corrected chi connectivity index (χ1v) is 7.90. The summed E-state index contributed by atoms with van der Waals surface area (Å²) in [5, 5.41) is 1.07. The van der Waals surface area contributed by atoms with Gasteiger partial charge in [-0.15, -0.1) is 0 Å². The van der Waals surface area contributed by atoms with Crippen molar-refractivity contribution >= 4 is 16.7 Å². The summed E-state index contributed by atoms with van der Waals surface area (Å²) in [4.78, 5) is 7.27. The molecule has 118 valence electrons. The van der Waals surface area contributed by atoms with Gasteiger partial charge in [0, 0.05) is 30.6 Å². The summed E-state index contributed by atoms with van der Waals surface area (Å²) in [6, 6.07) is 6.08. The number of fused-ring (bicyclic) bond motifs is 1. The monoisotopic (exact) mass is 300 g/mol. The van der Waals surface area contributed by atoms with Gasteiger partial charge in [-0.3, -0.25) is 0 Å². The summed E-state index contributed by atoms with van der Waals surface area (Å²) >= 11 is 0. The van der Waals surface area contributed by atoms with Crippen molar-refractivity contribution in [2.45, 2.75) is 26.7 Å². The van der Waals surface area contributed by atoms with Gasteiger partial charge in [0.05, 0.1) is 19.7 Å². The van der Waals surface area contributed by atoms with Crippen molar-refractivity contribution in [2.24, 2.45) is 5.92 Å². The summed E-state index contributed by atoms with van der Waals surface area (Å²) in [7, 11) is 3.36. The lowest BCUT2D eigenvalue weighted by Gasteiger charge is -2.32. The van der Waals surface area contributed by atoms with Crippen LogP contribution in [-0.4, -0.2) is 32.3 Å². The maximum absolute atomic E-state index is 5.52. The van der Waals surface area contributed by atoms with Crippen LogP contribution in [0.25, 0.3) is 10.9 Å². The molecule has 0 amide bonds. The zero-order chi connectivity index (χ0) is 15.7. The lowest BCUT2D eigenvalue weighted by molar-refractivity contribution is 0.397. The van der Waals surface area contributed by atoms with Gasteiger partial charge in [0.15, 0.2) is 0 Å². The SMILES string of the molecule is COc1cc(OC)c2c(C)cc(N3CCC[C@@H](C)C3)nc2c1. The fourth-order valence-electron chi connectivity index (χ4n) is 3.32. The molecule has 2 aromatic rings. The number of ether oxygens (including phenoxy) is 2. The number of methoxy groups -OCH3 is 2. The minimum atomic E-state index is 0.728. The maximum atomic E-state index is 5.52. The molecule has 1 atom stereocenters. The minimum absolute atomic E-state index is 0.728. The highest BCUT2D eigenvalue weighted by Crippen LogP contribution is 2.35. The Balaban J connectivity index is 2.10. The molecule has 1 saturated heterocycles. The maximum Gasteiger partial charge on any atom is 0.132 e. The van der Waals surface area contributed by atoms with Crippen molar-refractivity contribution in [3.05, 3.63) is 23.8 Å². The van der Waals surface area contributed by atoms with Crippen molar-refractivity contribution in [1.82, 2.24) is 4.98 Å². The van der Waals surface area contributed by atoms with E-state index in [-0.39, 0.29) is 0 Å². The molecule has 0 saturated carbocycles. The Kier molecular flexibility index (Phi) is 4.10. The van der Waals surface area contributed by atoms with E-state index in [9.17, 15) is 0 Å². The van der Waals surface area contributed by atoms with Crippen molar-refractivity contribution in [2.75, 3.05) is 32.2 Å². The first kappa shape index (κ1) is 14.9. The molecular weight excluding hydrogens is 276 g/mol. The van der Waals surface area contributed by atoms with Crippen LogP contribution < -0.4 is 14.4 Å². The predicted octanol–water partition coefficient (Wildman–Crippen LogP) is 3.80. The Labute approximate surface area is 132 Å². The highest BCUT2D eigenvalue weighted by Gasteiger charge is 2.19. The number of hydrogen-bond acceptors (Lipinski definition) is 4. The molecule has 0 radical (unpaired) electrons. The van der Waals surface area contributed by atoms with Gasteiger partial charge in [0.1, 0.15) is 17.3 Å². The van der Waals surface area contributed by atoms with Crippen LogP contribution in [0.1, 0.15) is 25.3 Å². The quantitative estimate of drug-likeness (QED) is 0.863. The van der Waals surface area contributed by atoms with Gasteiger partial charge in [-0.1, -0.05) is 6.92 Å². The first-order chi connectivity index (χ1) is 10.6. The number of pyridine rings is 1. The topological polar surface area (TPSA) is 34.6 Å². The summed E-state index contributed by atoms with van der Waals surface area (Å²) < 4.78 is 10.9. The van der Waals surface area contributed by atoms with Crippen molar-refractivity contribution < 1.29 is 9.47 Å². The lowest BCUT2D eigenvalue weighted by Crippen LogP contribution is -2.34. The van der Waals surface area contributed by atoms with E-state index in [0.717, 1.165) is 47.2 Å². The highest BCUT2D eigenvalue weighted by molar-refractivity contribution is 5.91. The molecule has 22 heavy (non-hydrogen) atoms. The lowest BCUT2D eigenvalue weighted by atomic mass is 10.00. The molecule has 1 aliphatic rings. The molecule has 4 nitrogen and oxygen atoms in total. The number of benzene rings is 1. The summed E-state index contributed by atoms with van der Waals surface area (Å²) in [5.41, 5.74) is 2.13. The van der Waals surface area contributed by atoms with E-state index in [2.05, 4.69) is 24.8 Å². The van der Waals surface area contributed by atoms with E-state index >= 15 is 0 Å². The average molecular weight is 300 g/mol. The number of anilines is 1. The van der Waals surface area contributed by atoms with Crippen LogP contribution in [0.3, 0.4) is 0 Å². The second kappa shape index (κ2) is 6.03. The molecule has 1 fully saturated rings. The van der Waals surface area contributed by atoms with Gasteiger partial charge >= 0.3 is 0 Å². The summed E-state index contributed by atoms with van der Waals surface area (Å²) in [5.74, 6) is 3.39. The highest BCUT2D eigenvalue weighted by atomic mass is 16.5. The average Bonchev–Trinajstić information content (AvgIpc) is 2.53. The van der Waals surface area contributed by atoms with Gasteiger partial charge in [0.25, 0.3) is 0 Å². The smallest absolute Gasteiger partial charge is 0.132 e. The van der Waals surface area contributed by atoms with E-state index in [1.54, 1.807) is 14.2 Å². The van der Waals surface area contributed by atoms with E-state index in [1.807, 2.05) is 12.1 Å². The summed E-state index contributed by atoms with van der Waals surface area (Å²) in [6.07, 6.45) is 2.55. The Bertz CT molecular complexity index is 684. The van der Waals surface area contributed by atoms with Crippen LogP contribution in [0, 0.1) is 12.8 Å². The fourth-order valence-corrected chi connectivity index (χ4v) is 3.32. The normalized spacial score (nSPS) is 18.5. The Morgan fingerprint density at radius 1 is 1.18 bits per heavy atom. The Morgan fingerprint density at radius 3 is 2.68 bits per heavy atom. The van der Waals surface area contributed by atoms with Crippen molar-refractivity contribution in [1.29, 1.82) is 0 Å². The molecule has 0 N–H and O–H groups in total. The van der Waals surface area contributed by atoms with Gasteiger partial charge in [-0.25, -0.2) is 4.98 Å². The summed E-state index contributed by atoms with van der Waals surface area (Å²) in [6.45, 7) is 6.60. The van der Waals surface area contributed by atoms with E-state index in [4.69, 9.17) is 14.5 Å². The molecule has 0 bridgehead atoms. The molecular formula is C18H24N2O2. The molecule has 3 rings (SSSR count). The number of piperidine rings is 1. The van der Waals surface area contributed by atoms with Gasteiger partial charge in [-0.2, -0.15) is 0 Å². The third-order valence-electron chi connectivity index (χ3n) is 4.47. The molecule has 0 aliphatic carbocycles. The standard InChI is InChI=1S/C18H24N2O2/c1-12-6-5-7-20(11-12)17-8-13(2)18-15(19-17)9-14(21-3)10-16(18)22-4/h8-10,12H,5-7,11H2,1-4H3/t12-/m1/s1. The molecule has 1 aromatic heterocycles. The number of aryl methyl sites for hydroxylation is 1. The number of aromatic nitrogens is 1. The van der Waals surface area contributed by atoms with E-state index < -0.39 is 0 Å². The van der Waals surface area contributed by atoms with Crippen LogP contribution in [0.4, 0.5) is 5.82 Å². The van der Waals surface area contributed by atoms with Crippen LogP contribution >= 0.6 is 0 Å². The first-order valence-electron chi connectivity index (χ1n) is 7.90. The molecule has 0 spiro atoms.